The Bertz CT molecular complexity index is 1370. The van der Waals surface area contributed by atoms with Gasteiger partial charge in [-0.25, -0.2) is 4.98 Å². The standard InChI is InChI=1S/C31H36ClN3O4/c1-37-28-18-17-23(22-29(28)38-2)31(36)33-19-9-3-4-16-30-34-25-13-6-7-14-26(25)35(30)20-10-11-21-39-27-15-8-5-12-24(27)32/h5-8,12-15,17-18,22H,3-4,9-11,16,19-21H2,1-2H3,(H,33,36). The zero-order valence-corrected chi connectivity index (χ0v) is 23.4. The largest absolute Gasteiger partial charge is 0.493 e. The first-order valence-corrected chi connectivity index (χ1v) is 13.8. The van der Waals surface area contributed by atoms with E-state index in [-0.39, 0.29) is 5.91 Å². The number of carbonyl (C=O) groups excluding carboxylic acids is 1. The van der Waals surface area contributed by atoms with E-state index in [2.05, 4.69) is 28.1 Å². The lowest BCUT2D eigenvalue weighted by atomic mass is 10.1. The Hall–Kier alpha value is -3.71. The summed E-state index contributed by atoms with van der Waals surface area (Å²) in [5, 5.41) is 3.64. The first kappa shape index (κ1) is 28.3. The molecule has 1 aromatic heterocycles. The lowest BCUT2D eigenvalue weighted by Gasteiger charge is -2.11. The highest BCUT2D eigenvalue weighted by atomic mass is 35.5. The molecular formula is C31H36ClN3O4. The summed E-state index contributed by atoms with van der Waals surface area (Å²) < 4.78 is 18.7. The normalized spacial score (nSPS) is 10.9. The van der Waals surface area contributed by atoms with Crippen LogP contribution in [0, 0.1) is 0 Å². The molecule has 8 heteroatoms. The van der Waals surface area contributed by atoms with Crippen molar-refractivity contribution in [2.24, 2.45) is 0 Å². The summed E-state index contributed by atoms with van der Waals surface area (Å²) in [6.45, 7) is 2.14. The number of unbranched alkanes of at least 4 members (excludes halogenated alkanes) is 3. The van der Waals surface area contributed by atoms with Crippen molar-refractivity contribution in [1.82, 2.24) is 14.9 Å². The van der Waals surface area contributed by atoms with Crippen LogP contribution in [0.25, 0.3) is 11.0 Å². The van der Waals surface area contributed by atoms with Crippen molar-refractivity contribution < 1.29 is 19.0 Å². The molecule has 0 saturated carbocycles. The Balaban J connectivity index is 1.22. The Labute approximate surface area is 235 Å². The molecular weight excluding hydrogens is 514 g/mol. The number of nitrogens with one attached hydrogen (secondary N) is 1. The molecule has 1 N–H and O–H groups in total. The predicted molar refractivity (Wildman–Crippen MR) is 155 cm³/mol. The van der Waals surface area contributed by atoms with Crippen molar-refractivity contribution in [2.75, 3.05) is 27.4 Å². The molecule has 7 nitrogen and oxygen atoms in total. The fraction of sp³-hybridized carbons (Fsp3) is 0.355. The maximum absolute atomic E-state index is 12.5. The van der Waals surface area contributed by atoms with Crippen LogP contribution in [0.3, 0.4) is 0 Å². The number of benzene rings is 3. The SMILES string of the molecule is COc1ccc(C(=O)NCCCCCc2nc3ccccc3n2CCCCOc2ccccc2Cl)cc1OC. The number of methoxy groups -OCH3 is 2. The van der Waals surface area contributed by atoms with Crippen molar-refractivity contribution in [3.63, 3.8) is 0 Å². The summed E-state index contributed by atoms with van der Waals surface area (Å²) in [6.07, 6.45) is 5.72. The number of hydrogen-bond donors (Lipinski definition) is 1. The fourth-order valence-electron chi connectivity index (χ4n) is 4.55. The molecule has 0 aliphatic carbocycles. The second kappa shape index (κ2) is 14.4. The van der Waals surface area contributed by atoms with Gasteiger partial charge in [0, 0.05) is 25.1 Å². The summed E-state index contributed by atoms with van der Waals surface area (Å²) in [5.41, 5.74) is 2.75. The van der Waals surface area contributed by atoms with Crippen LogP contribution in [-0.4, -0.2) is 42.8 Å². The molecule has 0 aliphatic heterocycles. The molecule has 0 saturated heterocycles. The van der Waals surface area contributed by atoms with E-state index in [1.54, 1.807) is 32.4 Å². The molecule has 0 unspecified atom stereocenters. The minimum absolute atomic E-state index is 0.115. The molecule has 206 valence electrons. The molecule has 39 heavy (non-hydrogen) atoms. The third kappa shape index (κ3) is 7.67. The number of imidazole rings is 1. The van der Waals surface area contributed by atoms with Gasteiger partial charge in [0.25, 0.3) is 5.91 Å². The number of ether oxygens (including phenoxy) is 3. The number of aryl methyl sites for hydroxylation is 2. The zero-order chi connectivity index (χ0) is 27.5. The van der Waals surface area contributed by atoms with E-state index in [0.29, 0.717) is 35.2 Å². The van der Waals surface area contributed by atoms with Gasteiger partial charge >= 0.3 is 0 Å². The number of rotatable bonds is 15. The van der Waals surface area contributed by atoms with Gasteiger partial charge in [-0.1, -0.05) is 42.3 Å². The van der Waals surface area contributed by atoms with E-state index < -0.39 is 0 Å². The Morgan fingerprint density at radius 1 is 0.872 bits per heavy atom. The number of hydrogen-bond acceptors (Lipinski definition) is 5. The van der Waals surface area contributed by atoms with Crippen molar-refractivity contribution >= 4 is 28.5 Å². The van der Waals surface area contributed by atoms with Gasteiger partial charge < -0.3 is 24.1 Å². The first-order valence-electron chi connectivity index (χ1n) is 13.4. The predicted octanol–water partition coefficient (Wildman–Crippen LogP) is 6.71. The van der Waals surface area contributed by atoms with Crippen LogP contribution in [0.4, 0.5) is 0 Å². The minimum atomic E-state index is -0.115. The smallest absolute Gasteiger partial charge is 0.251 e. The Morgan fingerprint density at radius 2 is 1.67 bits per heavy atom. The molecule has 1 amide bonds. The summed E-state index contributed by atoms with van der Waals surface area (Å²) in [5.74, 6) is 2.87. The van der Waals surface area contributed by atoms with Gasteiger partial charge in [0.15, 0.2) is 11.5 Å². The number of fused-ring (bicyclic) bond motifs is 1. The van der Waals surface area contributed by atoms with Crippen LogP contribution in [0.1, 0.15) is 48.3 Å². The van der Waals surface area contributed by atoms with Crippen LogP contribution in [0.15, 0.2) is 66.7 Å². The highest BCUT2D eigenvalue weighted by Crippen LogP contribution is 2.27. The number of halogens is 1. The van der Waals surface area contributed by atoms with Crippen molar-refractivity contribution in [2.45, 2.75) is 45.1 Å². The first-order chi connectivity index (χ1) is 19.1. The van der Waals surface area contributed by atoms with Gasteiger partial charge in [-0.05, 0) is 68.1 Å². The highest BCUT2D eigenvalue weighted by Gasteiger charge is 2.12. The quantitative estimate of drug-likeness (QED) is 0.167. The van der Waals surface area contributed by atoms with E-state index in [1.165, 1.54) is 5.52 Å². The molecule has 0 radical (unpaired) electrons. The molecule has 4 rings (SSSR count). The second-order valence-corrected chi connectivity index (χ2v) is 9.70. The Kier molecular flexibility index (Phi) is 10.5. The molecule has 0 atom stereocenters. The maximum atomic E-state index is 12.5. The van der Waals surface area contributed by atoms with Gasteiger partial charge in [0.1, 0.15) is 11.6 Å². The summed E-state index contributed by atoms with van der Waals surface area (Å²) in [6, 6.07) is 21.0. The summed E-state index contributed by atoms with van der Waals surface area (Å²) >= 11 is 6.18. The van der Waals surface area contributed by atoms with Crippen molar-refractivity contribution in [1.29, 1.82) is 0 Å². The Morgan fingerprint density at radius 3 is 2.49 bits per heavy atom. The van der Waals surface area contributed by atoms with Gasteiger partial charge in [-0.15, -0.1) is 0 Å². The molecule has 4 aromatic rings. The number of carbonyl (C=O) groups is 1. The van der Waals surface area contributed by atoms with E-state index in [4.69, 9.17) is 30.8 Å². The molecule has 0 spiro atoms. The van der Waals surface area contributed by atoms with Crippen LogP contribution < -0.4 is 19.5 Å². The zero-order valence-electron chi connectivity index (χ0n) is 22.6. The summed E-state index contributed by atoms with van der Waals surface area (Å²) in [4.78, 5) is 17.4. The fourth-order valence-corrected chi connectivity index (χ4v) is 4.74. The van der Waals surface area contributed by atoms with E-state index in [1.807, 2.05) is 30.3 Å². The topological polar surface area (TPSA) is 74.6 Å². The van der Waals surface area contributed by atoms with Crippen LogP contribution in [-0.2, 0) is 13.0 Å². The number of aromatic nitrogens is 2. The van der Waals surface area contributed by atoms with E-state index >= 15 is 0 Å². The van der Waals surface area contributed by atoms with Crippen LogP contribution >= 0.6 is 11.6 Å². The third-order valence-electron chi connectivity index (χ3n) is 6.61. The lowest BCUT2D eigenvalue weighted by Crippen LogP contribution is -2.24. The molecule has 0 aliphatic rings. The van der Waals surface area contributed by atoms with E-state index in [0.717, 1.165) is 62.2 Å². The molecule has 0 fully saturated rings. The third-order valence-corrected chi connectivity index (χ3v) is 6.92. The summed E-state index contributed by atoms with van der Waals surface area (Å²) in [7, 11) is 3.14. The van der Waals surface area contributed by atoms with Gasteiger partial charge in [0.05, 0.1) is 36.9 Å². The van der Waals surface area contributed by atoms with Crippen molar-refractivity contribution in [3.8, 4) is 17.2 Å². The molecule has 1 heterocycles. The van der Waals surface area contributed by atoms with E-state index in [9.17, 15) is 4.79 Å². The van der Waals surface area contributed by atoms with Gasteiger partial charge in [0.2, 0.25) is 0 Å². The maximum Gasteiger partial charge on any atom is 0.251 e. The minimum Gasteiger partial charge on any atom is -0.493 e. The molecule has 3 aromatic carbocycles. The lowest BCUT2D eigenvalue weighted by molar-refractivity contribution is 0.0952. The monoisotopic (exact) mass is 549 g/mol. The van der Waals surface area contributed by atoms with Crippen LogP contribution in [0.5, 0.6) is 17.2 Å². The van der Waals surface area contributed by atoms with Crippen LogP contribution in [0.2, 0.25) is 5.02 Å². The highest BCUT2D eigenvalue weighted by molar-refractivity contribution is 6.32. The van der Waals surface area contributed by atoms with Gasteiger partial charge in [-0.3, -0.25) is 4.79 Å². The van der Waals surface area contributed by atoms with Gasteiger partial charge in [-0.2, -0.15) is 0 Å². The second-order valence-electron chi connectivity index (χ2n) is 9.29. The molecule has 0 bridgehead atoms. The average Bonchev–Trinajstić information content (AvgIpc) is 3.32. The van der Waals surface area contributed by atoms with Crippen molar-refractivity contribution in [3.05, 3.63) is 83.1 Å². The number of nitrogens with zero attached hydrogens (tertiary/aromatic N) is 2. The number of para-hydroxylation sites is 3. The number of amides is 1. The average molecular weight is 550 g/mol.